The van der Waals surface area contributed by atoms with E-state index in [2.05, 4.69) is 10.2 Å². The normalized spacial score (nSPS) is 12.1. The van der Waals surface area contributed by atoms with E-state index in [1.54, 1.807) is 24.4 Å². The summed E-state index contributed by atoms with van der Waals surface area (Å²) in [5, 5.41) is 8.03. The van der Waals surface area contributed by atoms with Crippen molar-refractivity contribution in [1.82, 2.24) is 0 Å². The van der Waals surface area contributed by atoms with Gasteiger partial charge in [0.25, 0.3) is 0 Å². The number of hydrogen-bond acceptors (Lipinski definition) is 3. The van der Waals surface area contributed by atoms with Gasteiger partial charge < -0.3 is 0 Å². The van der Waals surface area contributed by atoms with Gasteiger partial charge in [-0.05, 0) is 13.0 Å². The first kappa shape index (κ1) is 14.6. The monoisotopic (exact) mass is 276 g/mol. The van der Waals surface area contributed by atoms with Crippen LogP contribution in [0.4, 0.5) is 0 Å². The molecular weight excluding hydrogens is 260 g/mol. The van der Waals surface area contributed by atoms with Crippen LogP contribution in [0, 0.1) is 0 Å². The molecule has 0 N–H and O–H groups in total. The second-order valence-corrected chi connectivity index (χ2v) is 4.30. The molecule has 0 radical (unpaired) electrons. The van der Waals surface area contributed by atoms with E-state index in [0.29, 0.717) is 11.3 Å². The molecule has 21 heavy (non-hydrogen) atoms. The SMILES string of the molecule is C/C=C/C=N\N=C(/C(=O)c1ccccc1)c1ccccc1. The summed E-state index contributed by atoms with van der Waals surface area (Å²) in [6.45, 7) is 1.89. The molecule has 0 aliphatic carbocycles. The fourth-order valence-corrected chi connectivity index (χ4v) is 1.77. The third-order valence-corrected chi connectivity index (χ3v) is 2.80. The molecule has 2 rings (SSSR count). The first-order valence-electron chi connectivity index (χ1n) is 6.70. The number of rotatable bonds is 5. The molecule has 3 heteroatoms. The molecule has 0 aliphatic heterocycles. The van der Waals surface area contributed by atoms with Crippen molar-refractivity contribution >= 4 is 17.7 Å². The summed E-state index contributed by atoms with van der Waals surface area (Å²) in [4.78, 5) is 12.6. The van der Waals surface area contributed by atoms with Gasteiger partial charge in [-0.1, -0.05) is 66.7 Å². The van der Waals surface area contributed by atoms with Crippen LogP contribution in [-0.4, -0.2) is 17.7 Å². The van der Waals surface area contributed by atoms with Crippen LogP contribution in [0.5, 0.6) is 0 Å². The van der Waals surface area contributed by atoms with Gasteiger partial charge in [0, 0.05) is 17.3 Å². The molecule has 0 aromatic heterocycles. The van der Waals surface area contributed by atoms with Crippen LogP contribution in [0.1, 0.15) is 22.8 Å². The minimum atomic E-state index is -0.139. The smallest absolute Gasteiger partial charge is 0.213 e. The lowest BCUT2D eigenvalue weighted by Crippen LogP contribution is -2.15. The zero-order valence-corrected chi connectivity index (χ0v) is 11.8. The summed E-state index contributed by atoms with van der Waals surface area (Å²) >= 11 is 0. The number of benzene rings is 2. The molecule has 0 saturated heterocycles. The Balaban J connectivity index is 2.39. The van der Waals surface area contributed by atoms with Gasteiger partial charge in [0.05, 0.1) is 0 Å². The van der Waals surface area contributed by atoms with Gasteiger partial charge in [-0.2, -0.15) is 5.10 Å². The summed E-state index contributed by atoms with van der Waals surface area (Å²) in [7, 11) is 0. The second-order valence-electron chi connectivity index (χ2n) is 4.30. The Labute approximate surface area is 124 Å². The number of ketones is 1. The van der Waals surface area contributed by atoms with E-state index in [4.69, 9.17) is 0 Å². The zero-order chi connectivity index (χ0) is 14.9. The Morgan fingerprint density at radius 1 is 0.905 bits per heavy atom. The van der Waals surface area contributed by atoms with Crippen LogP contribution in [-0.2, 0) is 0 Å². The average Bonchev–Trinajstić information content (AvgIpc) is 2.56. The van der Waals surface area contributed by atoms with E-state index < -0.39 is 0 Å². The highest BCUT2D eigenvalue weighted by atomic mass is 16.1. The van der Waals surface area contributed by atoms with Crippen LogP contribution in [0.2, 0.25) is 0 Å². The first-order valence-corrected chi connectivity index (χ1v) is 6.70. The van der Waals surface area contributed by atoms with Gasteiger partial charge >= 0.3 is 0 Å². The Kier molecular flexibility index (Phi) is 5.35. The molecule has 0 saturated carbocycles. The summed E-state index contributed by atoms with van der Waals surface area (Å²) in [5.41, 5.74) is 1.69. The molecule has 0 fully saturated rings. The predicted octanol–water partition coefficient (Wildman–Crippen LogP) is 3.92. The Morgan fingerprint density at radius 3 is 2.05 bits per heavy atom. The minimum absolute atomic E-state index is 0.139. The highest BCUT2D eigenvalue weighted by Crippen LogP contribution is 2.09. The van der Waals surface area contributed by atoms with E-state index >= 15 is 0 Å². The number of allylic oxidation sites excluding steroid dienone is 2. The summed E-state index contributed by atoms with van der Waals surface area (Å²) in [6.07, 6.45) is 5.17. The topological polar surface area (TPSA) is 41.8 Å². The van der Waals surface area contributed by atoms with Crippen LogP contribution in [0.3, 0.4) is 0 Å². The molecule has 2 aromatic carbocycles. The molecule has 0 atom stereocenters. The molecule has 0 heterocycles. The molecule has 0 aliphatic rings. The third kappa shape index (κ3) is 4.08. The van der Waals surface area contributed by atoms with E-state index in [0.717, 1.165) is 5.56 Å². The number of hydrogen-bond donors (Lipinski definition) is 0. The lowest BCUT2D eigenvalue weighted by atomic mass is 10.0. The molecule has 0 amide bonds. The number of carbonyl (C=O) groups excluding carboxylic acids is 1. The highest BCUT2D eigenvalue weighted by molar-refractivity contribution is 6.51. The Morgan fingerprint density at radius 2 is 1.48 bits per heavy atom. The molecule has 2 aromatic rings. The van der Waals surface area contributed by atoms with Crippen molar-refractivity contribution in [3.05, 3.63) is 83.9 Å². The Bertz CT molecular complexity index is 671. The molecule has 104 valence electrons. The maximum atomic E-state index is 12.6. The van der Waals surface area contributed by atoms with E-state index in [1.807, 2.05) is 61.5 Å². The number of nitrogens with zero attached hydrogens (tertiary/aromatic N) is 2. The van der Waals surface area contributed by atoms with Crippen LogP contribution >= 0.6 is 0 Å². The largest absolute Gasteiger partial charge is 0.287 e. The summed E-state index contributed by atoms with van der Waals surface area (Å²) in [6, 6.07) is 18.4. The van der Waals surface area contributed by atoms with Gasteiger partial charge in [0.15, 0.2) is 0 Å². The van der Waals surface area contributed by atoms with Crippen molar-refractivity contribution in [2.24, 2.45) is 10.2 Å². The second kappa shape index (κ2) is 7.70. The van der Waals surface area contributed by atoms with Crippen LogP contribution in [0.25, 0.3) is 0 Å². The van der Waals surface area contributed by atoms with Crippen LogP contribution in [0.15, 0.2) is 83.0 Å². The molecule has 3 nitrogen and oxygen atoms in total. The van der Waals surface area contributed by atoms with Gasteiger partial charge in [0.2, 0.25) is 5.78 Å². The molecular formula is C18H16N2O. The van der Waals surface area contributed by atoms with Crippen molar-refractivity contribution in [2.75, 3.05) is 0 Å². The van der Waals surface area contributed by atoms with Crippen molar-refractivity contribution in [2.45, 2.75) is 6.92 Å². The summed E-state index contributed by atoms with van der Waals surface area (Å²) in [5.74, 6) is -0.139. The van der Waals surface area contributed by atoms with Crippen molar-refractivity contribution < 1.29 is 4.79 Å². The van der Waals surface area contributed by atoms with Gasteiger partial charge in [-0.3, -0.25) is 4.79 Å². The lowest BCUT2D eigenvalue weighted by Gasteiger charge is -2.04. The van der Waals surface area contributed by atoms with Crippen molar-refractivity contribution in [1.29, 1.82) is 0 Å². The first-order chi connectivity index (χ1) is 10.3. The fourth-order valence-electron chi connectivity index (χ4n) is 1.77. The minimum Gasteiger partial charge on any atom is -0.287 e. The average molecular weight is 276 g/mol. The van der Waals surface area contributed by atoms with Gasteiger partial charge in [-0.15, -0.1) is 5.10 Å². The standard InChI is InChI=1S/C18H16N2O/c1-2-3-14-19-20-17(15-10-6-4-7-11-15)18(21)16-12-8-5-9-13-16/h2-14H,1H3/b3-2+,19-14-,20-17-. The zero-order valence-electron chi connectivity index (χ0n) is 11.8. The van der Waals surface area contributed by atoms with Crippen molar-refractivity contribution in [3.63, 3.8) is 0 Å². The van der Waals surface area contributed by atoms with Gasteiger partial charge in [0.1, 0.15) is 5.71 Å². The Hall–Kier alpha value is -2.81. The molecule has 0 spiro atoms. The van der Waals surface area contributed by atoms with E-state index in [-0.39, 0.29) is 5.78 Å². The maximum Gasteiger partial charge on any atom is 0.213 e. The summed E-state index contributed by atoms with van der Waals surface area (Å²) < 4.78 is 0. The molecule has 0 unspecified atom stereocenters. The third-order valence-electron chi connectivity index (χ3n) is 2.80. The predicted molar refractivity (Wildman–Crippen MR) is 87.1 cm³/mol. The number of carbonyl (C=O) groups is 1. The molecule has 0 bridgehead atoms. The van der Waals surface area contributed by atoms with E-state index in [9.17, 15) is 4.79 Å². The maximum absolute atomic E-state index is 12.6. The fraction of sp³-hybridized carbons (Fsp3) is 0.0556. The quantitative estimate of drug-likeness (QED) is 0.463. The van der Waals surface area contributed by atoms with Gasteiger partial charge in [-0.25, -0.2) is 0 Å². The number of Topliss-reactive ketones (excluding diaryl/α,β-unsaturated/α-hetero) is 1. The highest BCUT2D eigenvalue weighted by Gasteiger charge is 2.15. The van der Waals surface area contributed by atoms with E-state index in [1.165, 1.54) is 0 Å². The van der Waals surface area contributed by atoms with Crippen LogP contribution < -0.4 is 0 Å². The van der Waals surface area contributed by atoms with Crippen molar-refractivity contribution in [3.8, 4) is 0 Å². The lowest BCUT2D eigenvalue weighted by molar-refractivity contribution is 0.106.